The van der Waals surface area contributed by atoms with Crippen LogP contribution in [-0.2, 0) is 9.84 Å². The van der Waals surface area contributed by atoms with E-state index in [4.69, 9.17) is 16.2 Å². The van der Waals surface area contributed by atoms with Crippen molar-refractivity contribution in [2.75, 3.05) is 17.2 Å². The van der Waals surface area contributed by atoms with Crippen LogP contribution in [0.25, 0.3) is 0 Å². The van der Waals surface area contributed by atoms with Crippen LogP contribution in [0, 0.1) is 0 Å². The summed E-state index contributed by atoms with van der Waals surface area (Å²) in [7, 11) is -3.07. The van der Waals surface area contributed by atoms with Crippen LogP contribution in [0.3, 0.4) is 0 Å². The number of para-hydroxylation sites is 2. The van der Waals surface area contributed by atoms with Crippen LogP contribution >= 0.6 is 0 Å². The number of sulfone groups is 1. The number of nitrogen functional groups attached to an aromatic ring is 1. The highest BCUT2D eigenvalue weighted by Gasteiger charge is 2.37. The van der Waals surface area contributed by atoms with E-state index in [1.807, 2.05) is 0 Å². The Kier molecular flexibility index (Phi) is 2.77. The van der Waals surface area contributed by atoms with Gasteiger partial charge in [-0.25, -0.2) is 8.42 Å². The maximum Gasteiger partial charge on any atom is 0.155 e. The van der Waals surface area contributed by atoms with Gasteiger partial charge in [-0.05, 0) is 12.1 Å². The summed E-state index contributed by atoms with van der Waals surface area (Å²) in [5.41, 5.74) is 11.9. The third-order valence-corrected chi connectivity index (χ3v) is 4.27. The molecule has 5 nitrogen and oxygen atoms in total. The van der Waals surface area contributed by atoms with Gasteiger partial charge in [-0.2, -0.15) is 0 Å². The Morgan fingerprint density at radius 3 is 2.50 bits per heavy atom. The molecule has 6 heteroatoms. The molecule has 1 aliphatic rings. The SMILES string of the molecule is Nc1ccccc1OC1CS(=O)(=O)CC1N. The zero-order valence-corrected chi connectivity index (χ0v) is 9.48. The Bertz CT molecular complexity index is 487. The third-order valence-electron chi connectivity index (χ3n) is 2.54. The van der Waals surface area contributed by atoms with Crippen molar-refractivity contribution in [2.24, 2.45) is 5.73 Å². The van der Waals surface area contributed by atoms with Crippen molar-refractivity contribution in [2.45, 2.75) is 12.1 Å². The quantitative estimate of drug-likeness (QED) is 0.698. The molecule has 0 saturated carbocycles. The average Bonchev–Trinajstić information content (AvgIpc) is 2.44. The number of nitrogens with two attached hydrogens (primary N) is 2. The van der Waals surface area contributed by atoms with Crippen LogP contribution in [0.15, 0.2) is 24.3 Å². The summed E-state index contributed by atoms with van der Waals surface area (Å²) >= 11 is 0. The molecule has 2 rings (SSSR count). The van der Waals surface area contributed by atoms with Crippen LogP contribution in [0.2, 0.25) is 0 Å². The highest BCUT2D eigenvalue weighted by molar-refractivity contribution is 7.91. The average molecular weight is 242 g/mol. The first kappa shape index (κ1) is 11.2. The van der Waals surface area contributed by atoms with Gasteiger partial charge in [0.05, 0.1) is 23.2 Å². The van der Waals surface area contributed by atoms with Crippen LogP contribution in [0.5, 0.6) is 5.75 Å². The Balaban J connectivity index is 2.15. The van der Waals surface area contributed by atoms with E-state index >= 15 is 0 Å². The second-order valence-electron chi connectivity index (χ2n) is 3.93. The molecule has 16 heavy (non-hydrogen) atoms. The first-order chi connectivity index (χ1) is 7.48. The molecule has 1 saturated heterocycles. The lowest BCUT2D eigenvalue weighted by Gasteiger charge is -2.17. The van der Waals surface area contributed by atoms with Crippen LogP contribution in [-0.4, -0.2) is 32.1 Å². The summed E-state index contributed by atoms with van der Waals surface area (Å²) in [6, 6.07) is 6.48. The van der Waals surface area contributed by atoms with Gasteiger partial charge in [0.15, 0.2) is 9.84 Å². The third kappa shape index (κ3) is 2.28. The molecule has 2 unspecified atom stereocenters. The molecule has 0 aliphatic carbocycles. The first-order valence-electron chi connectivity index (χ1n) is 4.95. The van der Waals surface area contributed by atoms with Gasteiger partial charge in [-0.3, -0.25) is 0 Å². The fourth-order valence-corrected chi connectivity index (χ4v) is 3.47. The van der Waals surface area contributed by atoms with Gasteiger partial charge >= 0.3 is 0 Å². The highest BCUT2D eigenvalue weighted by Crippen LogP contribution is 2.24. The van der Waals surface area contributed by atoms with Crippen molar-refractivity contribution < 1.29 is 13.2 Å². The zero-order chi connectivity index (χ0) is 11.8. The fourth-order valence-electron chi connectivity index (χ4n) is 1.71. The predicted octanol–water partition coefficient (Wildman–Crippen LogP) is -0.228. The molecule has 2 atom stereocenters. The lowest BCUT2D eigenvalue weighted by molar-refractivity contribution is 0.210. The normalized spacial score (nSPS) is 27.8. The van der Waals surface area contributed by atoms with Crippen molar-refractivity contribution in [3.05, 3.63) is 24.3 Å². The summed E-state index contributed by atoms with van der Waals surface area (Å²) in [6.45, 7) is 0. The largest absolute Gasteiger partial charge is 0.486 e. The minimum absolute atomic E-state index is 0.0234. The molecule has 88 valence electrons. The van der Waals surface area contributed by atoms with E-state index in [2.05, 4.69) is 0 Å². The number of ether oxygens (including phenoxy) is 1. The van der Waals surface area contributed by atoms with Gasteiger partial charge in [-0.15, -0.1) is 0 Å². The number of benzene rings is 1. The molecule has 1 aromatic carbocycles. The van der Waals surface area contributed by atoms with Crippen molar-refractivity contribution in [3.63, 3.8) is 0 Å². The Morgan fingerprint density at radius 1 is 1.25 bits per heavy atom. The van der Waals surface area contributed by atoms with Gasteiger partial charge in [0.2, 0.25) is 0 Å². The predicted molar refractivity (Wildman–Crippen MR) is 61.9 cm³/mol. The lowest BCUT2D eigenvalue weighted by atomic mass is 10.2. The smallest absolute Gasteiger partial charge is 0.155 e. The maximum absolute atomic E-state index is 11.3. The molecule has 1 aliphatic heterocycles. The summed E-state index contributed by atoms with van der Waals surface area (Å²) in [5, 5.41) is 0. The lowest BCUT2D eigenvalue weighted by Crippen LogP contribution is -2.37. The zero-order valence-electron chi connectivity index (χ0n) is 8.67. The number of hydrogen-bond acceptors (Lipinski definition) is 5. The van der Waals surface area contributed by atoms with E-state index < -0.39 is 22.0 Å². The molecule has 4 N–H and O–H groups in total. The Morgan fingerprint density at radius 2 is 1.94 bits per heavy atom. The van der Waals surface area contributed by atoms with Crippen molar-refractivity contribution >= 4 is 15.5 Å². The van der Waals surface area contributed by atoms with Crippen molar-refractivity contribution in [3.8, 4) is 5.75 Å². The second-order valence-corrected chi connectivity index (χ2v) is 6.09. The molecule has 0 spiro atoms. The van der Waals surface area contributed by atoms with Crippen LogP contribution in [0.4, 0.5) is 5.69 Å². The molecule has 0 aromatic heterocycles. The number of hydrogen-bond donors (Lipinski definition) is 2. The molecular weight excluding hydrogens is 228 g/mol. The van der Waals surface area contributed by atoms with Gasteiger partial charge in [0, 0.05) is 0 Å². The highest BCUT2D eigenvalue weighted by atomic mass is 32.2. The fraction of sp³-hybridized carbons (Fsp3) is 0.400. The molecule has 0 bridgehead atoms. The molecule has 1 aromatic rings. The van der Waals surface area contributed by atoms with Crippen molar-refractivity contribution in [1.29, 1.82) is 0 Å². The molecular formula is C10H14N2O3S. The minimum atomic E-state index is -3.07. The van der Waals surface area contributed by atoms with Gasteiger partial charge in [-0.1, -0.05) is 12.1 Å². The maximum atomic E-state index is 11.3. The standard InChI is InChI=1S/C10H14N2O3S/c11-7-3-1-2-4-9(7)15-10-6-16(13,14)5-8(10)12/h1-4,8,10H,5-6,11-12H2. The number of rotatable bonds is 2. The summed E-state index contributed by atoms with van der Waals surface area (Å²) < 4.78 is 28.2. The summed E-state index contributed by atoms with van der Waals surface area (Å²) in [5.74, 6) is 0.424. The molecule has 0 radical (unpaired) electrons. The Hall–Kier alpha value is -1.27. The van der Waals surface area contributed by atoms with Crippen LogP contribution in [0.1, 0.15) is 0 Å². The van der Waals surface area contributed by atoms with E-state index in [0.717, 1.165) is 0 Å². The van der Waals surface area contributed by atoms with Crippen molar-refractivity contribution in [1.82, 2.24) is 0 Å². The van der Waals surface area contributed by atoms with E-state index in [0.29, 0.717) is 11.4 Å². The molecule has 0 amide bonds. The summed E-state index contributed by atoms with van der Waals surface area (Å²) in [4.78, 5) is 0. The molecule has 1 fully saturated rings. The monoisotopic (exact) mass is 242 g/mol. The van der Waals surface area contributed by atoms with E-state index in [1.54, 1.807) is 24.3 Å². The van der Waals surface area contributed by atoms with Gasteiger partial charge in [0.25, 0.3) is 0 Å². The minimum Gasteiger partial charge on any atom is -0.486 e. The van der Waals surface area contributed by atoms with E-state index in [1.165, 1.54) is 0 Å². The number of anilines is 1. The molecule has 1 heterocycles. The van der Waals surface area contributed by atoms with Crippen LogP contribution < -0.4 is 16.2 Å². The first-order valence-corrected chi connectivity index (χ1v) is 6.77. The van der Waals surface area contributed by atoms with Gasteiger partial charge < -0.3 is 16.2 Å². The Labute approximate surface area is 94.3 Å². The topological polar surface area (TPSA) is 95.4 Å². The van der Waals surface area contributed by atoms with Gasteiger partial charge in [0.1, 0.15) is 11.9 Å². The second kappa shape index (κ2) is 3.95. The van der Waals surface area contributed by atoms with E-state index in [9.17, 15) is 8.42 Å². The summed E-state index contributed by atoms with van der Waals surface area (Å²) in [6.07, 6.45) is -0.505. The van der Waals surface area contributed by atoms with E-state index in [-0.39, 0.29) is 11.5 Å².